The predicted octanol–water partition coefficient (Wildman–Crippen LogP) is 6.74. The van der Waals surface area contributed by atoms with Crippen molar-refractivity contribution in [1.29, 1.82) is 0 Å². The maximum absolute atomic E-state index is 13.5. The number of benzene rings is 4. The molecule has 0 unspecified atom stereocenters. The smallest absolute Gasteiger partial charge is 0.213 e. The molecule has 0 saturated carbocycles. The molecule has 0 bridgehead atoms. The molecule has 0 fully saturated rings. The molecule has 0 spiro atoms. The minimum Gasteiger partial charge on any atom is -0.464 e. The van der Waals surface area contributed by atoms with E-state index in [-0.39, 0.29) is 11.9 Å². The van der Waals surface area contributed by atoms with Gasteiger partial charge in [-0.15, -0.1) is 0 Å². The number of halogens is 1. The van der Waals surface area contributed by atoms with Gasteiger partial charge >= 0.3 is 0 Å². The topological polar surface area (TPSA) is 24.8 Å². The maximum atomic E-state index is 13.5. The molecule has 3 nitrogen and oxygen atoms in total. The molecule has 0 aromatic heterocycles. The van der Waals surface area contributed by atoms with Crippen molar-refractivity contribution in [3.8, 4) is 16.9 Å². The summed E-state index contributed by atoms with van der Waals surface area (Å²) in [7, 11) is 0. The number of rotatable bonds is 3. The lowest BCUT2D eigenvalue weighted by molar-refractivity contribution is -0.0190. The molecule has 2 aliphatic heterocycles. The zero-order valence-electron chi connectivity index (χ0n) is 17.4. The number of hydrogen-bond donors (Lipinski definition) is 0. The van der Waals surface area contributed by atoms with Gasteiger partial charge < -0.3 is 4.74 Å². The Morgan fingerprint density at radius 1 is 0.719 bits per heavy atom. The summed E-state index contributed by atoms with van der Waals surface area (Å²) in [5.74, 6) is 0.601. The molecule has 6 rings (SSSR count). The molecule has 2 heterocycles. The molecule has 2 atom stereocenters. The highest BCUT2D eigenvalue weighted by Gasteiger charge is 2.40. The zero-order chi connectivity index (χ0) is 21.5. The Kier molecular flexibility index (Phi) is 4.50. The fourth-order valence-corrected chi connectivity index (χ4v) is 4.54. The first kappa shape index (κ1) is 18.8. The average Bonchev–Trinajstić information content (AvgIpc) is 3.31. The molecule has 2 aliphatic rings. The molecule has 0 aliphatic carbocycles. The van der Waals surface area contributed by atoms with Crippen LogP contribution in [-0.4, -0.2) is 10.7 Å². The summed E-state index contributed by atoms with van der Waals surface area (Å²) in [6.45, 7) is 0. The summed E-state index contributed by atoms with van der Waals surface area (Å²) in [4.78, 5) is 0. The second kappa shape index (κ2) is 7.65. The van der Waals surface area contributed by atoms with Crippen molar-refractivity contribution in [3.05, 3.63) is 126 Å². The van der Waals surface area contributed by atoms with Crippen LogP contribution >= 0.6 is 0 Å². The summed E-state index contributed by atoms with van der Waals surface area (Å²) in [5, 5.41) is 7.02. The number of hydrogen-bond acceptors (Lipinski definition) is 3. The Morgan fingerprint density at radius 3 is 2.16 bits per heavy atom. The van der Waals surface area contributed by atoms with E-state index in [0.29, 0.717) is 0 Å². The molecule has 32 heavy (non-hydrogen) atoms. The lowest BCUT2D eigenvalue weighted by Crippen LogP contribution is -2.33. The summed E-state index contributed by atoms with van der Waals surface area (Å²) >= 11 is 0. The standard InChI is InChI=1S/C28H21FN2O/c29-23-16-14-22(15-17-23)28-31-26(24-8-4-5-9-27(24)32-28)18-25(30-31)21-12-10-20(11-13-21)19-6-2-1-3-7-19/h1-17,26,28H,18H2/t26-,28+/m0/s1. The van der Waals surface area contributed by atoms with Gasteiger partial charge in [0.1, 0.15) is 11.6 Å². The zero-order valence-corrected chi connectivity index (χ0v) is 17.4. The third-order valence-corrected chi connectivity index (χ3v) is 6.18. The first-order chi connectivity index (χ1) is 15.8. The van der Waals surface area contributed by atoms with E-state index in [0.717, 1.165) is 34.6 Å². The van der Waals surface area contributed by atoms with E-state index in [2.05, 4.69) is 54.6 Å². The number of ether oxygens (including phenoxy) is 1. The van der Waals surface area contributed by atoms with Crippen molar-refractivity contribution < 1.29 is 9.13 Å². The fraction of sp³-hybridized carbons (Fsp3) is 0.107. The number of hydrazone groups is 1. The highest BCUT2D eigenvalue weighted by Crippen LogP contribution is 2.47. The second-order valence-corrected chi connectivity index (χ2v) is 8.15. The van der Waals surface area contributed by atoms with Crippen LogP contribution in [0.2, 0.25) is 0 Å². The van der Waals surface area contributed by atoms with Crippen LogP contribution in [0, 0.1) is 5.82 Å². The van der Waals surface area contributed by atoms with Crippen LogP contribution < -0.4 is 4.74 Å². The summed E-state index contributed by atoms with van der Waals surface area (Å²) in [6, 6.07) is 33.6. The van der Waals surface area contributed by atoms with Gasteiger partial charge in [0, 0.05) is 17.5 Å². The van der Waals surface area contributed by atoms with Crippen LogP contribution in [0.1, 0.15) is 35.4 Å². The van der Waals surface area contributed by atoms with Crippen LogP contribution in [0.3, 0.4) is 0 Å². The van der Waals surface area contributed by atoms with E-state index in [9.17, 15) is 4.39 Å². The largest absolute Gasteiger partial charge is 0.464 e. The van der Waals surface area contributed by atoms with E-state index in [1.807, 2.05) is 29.3 Å². The Bertz CT molecular complexity index is 1280. The molecular formula is C28H21FN2O. The van der Waals surface area contributed by atoms with Crippen molar-refractivity contribution in [2.75, 3.05) is 0 Å². The molecule has 4 aromatic rings. The van der Waals surface area contributed by atoms with E-state index >= 15 is 0 Å². The van der Waals surface area contributed by atoms with Gasteiger partial charge in [-0.25, -0.2) is 9.40 Å². The molecule has 4 heteroatoms. The predicted molar refractivity (Wildman–Crippen MR) is 124 cm³/mol. The highest BCUT2D eigenvalue weighted by molar-refractivity contribution is 6.02. The number of para-hydroxylation sites is 1. The number of fused-ring (bicyclic) bond motifs is 3. The molecular weight excluding hydrogens is 399 g/mol. The third kappa shape index (κ3) is 3.25. The summed E-state index contributed by atoms with van der Waals surface area (Å²) in [6.07, 6.45) is 0.402. The quantitative estimate of drug-likeness (QED) is 0.367. The van der Waals surface area contributed by atoms with Crippen LogP contribution in [0.4, 0.5) is 4.39 Å². The van der Waals surface area contributed by atoms with E-state index in [1.54, 1.807) is 12.1 Å². The van der Waals surface area contributed by atoms with Crippen molar-refractivity contribution >= 4 is 5.71 Å². The number of nitrogens with zero attached hydrogens (tertiary/aromatic N) is 2. The lowest BCUT2D eigenvalue weighted by Gasteiger charge is -2.38. The maximum Gasteiger partial charge on any atom is 0.213 e. The van der Waals surface area contributed by atoms with Gasteiger partial charge in [-0.3, -0.25) is 0 Å². The Balaban J connectivity index is 1.36. The van der Waals surface area contributed by atoms with Crippen molar-refractivity contribution in [2.45, 2.75) is 18.7 Å². The van der Waals surface area contributed by atoms with Crippen LogP contribution in [0.5, 0.6) is 5.75 Å². The molecule has 0 radical (unpaired) electrons. The first-order valence-corrected chi connectivity index (χ1v) is 10.8. The van der Waals surface area contributed by atoms with E-state index in [1.165, 1.54) is 23.3 Å². The molecule has 0 N–H and O–H groups in total. The van der Waals surface area contributed by atoms with Gasteiger partial charge in [0.25, 0.3) is 0 Å². The SMILES string of the molecule is Fc1ccc([C@H]2Oc3ccccc3[C@@H]3CC(c4ccc(-c5ccccc5)cc4)=NN23)cc1. The van der Waals surface area contributed by atoms with Crippen LogP contribution in [0.25, 0.3) is 11.1 Å². The second-order valence-electron chi connectivity index (χ2n) is 8.15. The van der Waals surface area contributed by atoms with Crippen LogP contribution in [0.15, 0.2) is 108 Å². The van der Waals surface area contributed by atoms with Gasteiger partial charge in [-0.05, 0) is 34.9 Å². The van der Waals surface area contributed by atoms with Crippen molar-refractivity contribution in [1.82, 2.24) is 5.01 Å². The minimum absolute atomic E-state index is 0.0822. The molecule has 4 aromatic carbocycles. The van der Waals surface area contributed by atoms with Gasteiger partial charge in [-0.1, -0.05) is 84.9 Å². The summed E-state index contributed by atoms with van der Waals surface area (Å²) in [5.41, 5.74) is 6.53. The van der Waals surface area contributed by atoms with Gasteiger partial charge in [0.2, 0.25) is 6.23 Å². The Hall–Kier alpha value is -3.92. The van der Waals surface area contributed by atoms with Gasteiger partial charge in [-0.2, -0.15) is 5.10 Å². The van der Waals surface area contributed by atoms with Crippen molar-refractivity contribution in [3.63, 3.8) is 0 Å². The molecule has 0 amide bonds. The van der Waals surface area contributed by atoms with Crippen LogP contribution in [-0.2, 0) is 0 Å². The monoisotopic (exact) mass is 420 g/mol. The molecule has 156 valence electrons. The Labute approximate surface area is 186 Å². The summed E-state index contributed by atoms with van der Waals surface area (Å²) < 4.78 is 19.8. The third-order valence-electron chi connectivity index (χ3n) is 6.18. The minimum atomic E-state index is -0.392. The van der Waals surface area contributed by atoms with E-state index < -0.39 is 6.23 Å². The average molecular weight is 420 g/mol. The highest BCUT2D eigenvalue weighted by atomic mass is 19.1. The normalized spacial score (nSPS) is 19.0. The molecule has 0 saturated heterocycles. The van der Waals surface area contributed by atoms with Gasteiger partial charge in [0.05, 0.1) is 11.8 Å². The van der Waals surface area contributed by atoms with E-state index in [4.69, 9.17) is 9.84 Å². The lowest BCUT2D eigenvalue weighted by atomic mass is 9.95. The van der Waals surface area contributed by atoms with Crippen molar-refractivity contribution in [2.24, 2.45) is 5.10 Å². The first-order valence-electron chi connectivity index (χ1n) is 10.8. The van der Waals surface area contributed by atoms with Gasteiger partial charge in [0.15, 0.2) is 0 Å². The fourth-order valence-electron chi connectivity index (χ4n) is 4.54. The Morgan fingerprint density at radius 2 is 1.38 bits per heavy atom.